The summed E-state index contributed by atoms with van der Waals surface area (Å²) in [6, 6.07) is 5.54. The third kappa shape index (κ3) is 1.58. The third-order valence-corrected chi connectivity index (χ3v) is 2.74. The molecule has 0 aliphatic carbocycles. The van der Waals surface area contributed by atoms with E-state index in [4.69, 9.17) is 4.42 Å². The van der Waals surface area contributed by atoms with Crippen molar-refractivity contribution < 1.29 is 13.2 Å². The van der Waals surface area contributed by atoms with Crippen molar-refractivity contribution in [1.82, 2.24) is 0 Å². The zero-order valence-corrected chi connectivity index (χ0v) is 8.47. The predicted molar refractivity (Wildman–Crippen MR) is 53.6 cm³/mol. The van der Waals surface area contributed by atoms with Crippen LogP contribution in [0.5, 0.6) is 0 Å². The van der Waals surface area contributed by atoms with Crippen molar-refractivity contribution >= 4 is 22.0 Å². The van der Waals surface area contributed by atoms with E-state index in [2.05, 4.69) is 0 Å². The lowest BCUT2D eigenvalue weighted by Gasteiger charge is -2.06. The summed E-state index contributed by atoms with van der Waals surface area (Å²) >= 11 is -2.07. The van der Waals surface area contributed by atoms with Crippen LogP contribution in [0, 0.1) is 6.92 Å². The molecule has 0 bridgehead atoms. The summed E-state index contributed by atoms with van der Waals surface area (Å²) in [6.45, 7) is 1.97. The Morgan fingerprint density at radius 1 is 1.43 bits per heavy atom. The van der Waals surface area contributed by atoms with Gasteiger partial charge in [0.1, 0.15) is 5.58 Å². The summed E-state index contributed by atoms with van der Waals surface area (Å²) in [6.07, 6.45) is 1.58. The maximum absolute atomic E-state index is 10.6. The van der Waals surface area contributed by atoms with Crippen LogP contribution in [0.25, 0.3) is 11.0 Å². The maximum Gasteiger partial charge on any atom is 0.138 e. The van der Waals surface area contributed by atoms with Gasteiger partial charge in [-0.2, -0.15) is 0 Å². The van der Waals surface area contributed by atoms with E-state index in [1.807, 2.05) is 19.1 Å². The van der Waals surface area contributed by atoms with E-state index in [9.17, 15) is 8.76 Å². The predicted octanol–water partition coefficient (Wildman–Crippen LogP) is 2.12. The van der Waals surface area contributed by atoms with Gasteiger partial charge in [-0.1, -0.05) is 23.2 Å². The molecule has 74 valence electrons. The summed E-state index contributed by atoms with van der Waals surface area (Å²) in [4.78, 5) is 0. The van der Waals surface area contributed by atoms with E-state index >= 15 is 0 Å². The molecule has 0 saturated heterocycles. The number of hydrogen-bond donors (Lipinski definition) is 0. The zero-order valence-electron chi connectivity index (χ0n) is 7.65. The first-order valence-corrected chi connectivity index (χ1v) is 5.44. The Morgan fingerprint density at radius 2 is 2.21 bits per heavy atom. The van der Waals surface area contributed by atoms with Crippen LogP contribution in [0.15, 0.2) is 28.9 Å². The molecular formula is C10H9O3S-. The van der Waals surface area contributed by atoms with Gasteiger partial charge in [0.15, 0.2) is 0 Å². The molecule has 2 aromatic rings. The van der Waals surface area contributed by atoms with Crippen LogP contribution in [0.3, 0.4) is 0 Å². The van der Waals surface area contributed by atoms with Gasteiger partial charge in [0.2, 0.25) is 0 Å². The molecule has 0 N–H and O–H groups in total. The fourth-order valence-electron chi connectivity index (χ4n) is 1.50. The summed E-state index contributed by atoms with van der Waals surface area (Å²) in [7, 11) is 0. The molecular weight excluding hydrogens is 200 g/mol. The van der Waals surface area contributed by atoms with Gasteiger partial charge < -0.3 is 8.97 Å². The van der Waals surface area contributed by atoms with Crippen LogP contribution in [-0.2, 0) is 16.8 Å². The SMILES string of the molecule is Cc1ccc(CS(=O)[O-])c2occc12. The first-order chi connectivity index (χ1) is 6.68. The van der Waals surface area contributed by atoms with E-state index in [1.54, 1.807) is 12.3 Å². The molecule has 2 rings (SSSR count). The fraction of sp³-hybridized carbons (Fsp3) is 0.200. The van der Waals surface area contributed by atoms with Gasteiger partial charge in [0, 0.05) is 16.7 Å². The monoisotopic (exact) mass is 209 g/mol. The van der Waals surface area contributed by atoms with Crippen molar-refractivity contribution in [3.05, 3.63) is 35.6 Å². The van der Waals surface area contributed by atoms with Gasteiger partial charge in [0.25, 0.3) is 0 Å². The van der Waals surface area contributed by atoms with Crippen LogP contribution >= 0.6 is 0 Å². The lowest BCUT2D eigenvalue weighted by molar-refractivity contribution is 0.535. The second kappa shape index (κ2) is 3.55. The largest absolute Gasteiger partial charge is 0.772 e. The van der Waals surface area contributed by atoms with Crippen molar-refractivity contribution in [2.45, 2.75) is 12.7 Å². The molecule has 3 nitrogen and oxygen atoms in total. The highest BCUT2D eigenvalue weighted by molar-refractivity contribution is 7.78. The molecule has 1 atom stereocenters. The fourth-order valence-corrected chi connectivity index (χ4v) is 1.98. The van der Waals surface area contributed by atoms with E-state index in [0.29, 0.717) is 11.1 Å². The molecule has 0 amide bonds. The molecule has 0 spiro atoms. The number of benzene rings is 1. The molecule has 0 aliphatic rings. The Morgan fingerprint density at radius 3 is 2.93 bits per heavy atom. The molecule has 14 heavy (non-hydrogen) atoms. The Kier molecular flexibility index (Phi) is 2.39. The minimum Gasteiger partial charge on any atom is -0.772 e. The van der Waals surface area contributed by atoms with E-state index in [-0.39, 0.29) is 5.75 Å². The van der Waals surface area contributed by atoms with Crippen molar-refractivity contribution in [1.29, 1.82) is 0 Å². The average molecular weight is 209 g/mol. The summed E-state index contributed by atoms with van der Waals surface area (Å²) in [5, 5.41) is 0.980. The lowest BCUT2D eigenvalue weighted by Crippen LogP contribution is -1.94. The minimum atomic E-state index is -2.07. The normalized spacial score (nSPS) is 13.3. The zero-order chi connectivity index (χ0) is 10.1. The Bertz CT molecular complexity index is 487. The highest BCUT2D eigenvalue weighted by atomic mass is 32.2. The molecule has 0 saturated carbocycles. The van der Waals surface area contributed by atoms with Crippen LogP contribution < -0.4 is 0 Å². The number of aryl methyl sites for hydroxylation is 1. The van der Waals surface area contributed by atoms with Gasteiger partial charge in [-0.15, -0.1) is 0 Å². The van der Waals surface area contributed by atoms with E-state index in [0.717, 1.165) is 10.9 Å². The number of rotatable bonds is 2. The first-order valence-electron chi connectivity index (χ1n) is 4.20. The Hall–Kier alpha value is -1.13. The first kappa shape index (κ1) is 9.43. The van der Waals surface area contributed by atoms with Crippen molar-refractivity contribution in [2.24, 2.45) is 0 Å². The molecule has 1 heterocycles. The molecule has 1 aromatic heterocycles. The lowest BCUT2D eigenvalue weighted by atomic mass is 10.1. The standard InChI is InChI=1S/C10H10O3S/c1-7-2-3-8(6-14(11)12)10-9(7)4-5-13-10/h2-5H,6H2,1H3,(H,11,12)/p-1. The van der Waals surface area contributed by atoms with E-state index in [1.165, 1.54) is 0 Å². The van der Waals surface area contributed by atoms with Gasteiger partial charge in [-0.25, -0.2) is 0 Å². The van der Waals surface area contributed by atoms with Crippen molar-refractivity contribution in [2.75, 3.05) is 0 Å². The Labute approximate surface area is 84.0 Å². The van der Waals surface area contributed by atoms with Gasteiger partial charge in [0.05, 0.1) is 6.26 Å². The van der Waals surface area contributed by atoms with Crippen LogP contribution in [0.1, 0.15) is 11.1 Å². The average Bonchev–Trinajstić information content (AvgIpc) is 2.58. The van der Waals surface area contributed by atoms with Crippen LogP contribution in [-0.4, -0.2) is 8.76 Å². The summed E-state index contributed by atoms with van der Waals surface area (Å²) < 4.78 is 26.4. The van der Waals surface area contributed by atoms with Gasteiger partial charge in [-0.3, -0.25) is 4.21 Å². The second-order valence-electron chi connectivity index (χ2n) is 3.15. The molecule has 0 radical (unpaired) electrons. The third-order valence-electron chi connectivity index (χ3n) is 2.19. The van der Waals surface area contributed by atoms with Gasteiger partial charge >= 0.3 is 0 Å². The minimum absolute atomic E-state index is 0.00426. The molecule has 1 aromatic carbocycles. The smallest absolute Gasteiger partial charge is 0.138 e. The van der Waals surface area contributed by atoms with Crippen LogP contribution in [0.4, 0.5) is 0 Å². The van der Waals surface area contributed by atoms with Crippen LogP contribution in [0.2, 0.25) is 0 Å². The number of hydrogen-bond acceptors (Lipinski definition) is 3. The highest BCUT2D eigenvalue weighted by Crippen LogP contribution is 2.24. The maximum atomic E-state index is 10.6. The number of furan rings is 1. The van der Waals surface area contributed by atoms with Gasteiger partial charge in [-0.05, 0) is 18.6 Å². The Balaban J connectivity index is 2.60. The molecule has 0 fully saturated rings. The second-order valence-corrected chi connectivity index (χ2v) is 4.05. The molecule has 0 aliphatic heterocycles. The topological polar surface area (TPSA) is 53.3 Å². The van der Waals surface area contributed by atoms with E-state index < -0.39 is 11.1 Å². The molecule has 4 heteroatoms. The summed E-state index contributed by atoms with van der Waals surface area (Å²) in [5.74, 6) is 0.00426. The van der Waals surface area contributed by atoms with Crippen molar-refractivity contribution in [3.8, 4) is 0 Å². The van der Waals surface area contributed by atoms with Crippen molar-refractivity contribution in [3.63, 3.8) is 0 Å². The quantitative estimate of drug-likeness (QED) is 0.712. The highest BCUT2D eigenvalue weighted by Gasteiger charge is 2.06. The molecule has 1 unspecified atom stereocenters. The summed E-state index contributed by atoms with van der Waals surface area (Å²) in [5.41, 5.74) is 2.48. The number of fused-ring (bicyclic) bond motifs is 1.